The fourth-order valence-corrected chi connectivity index (χ4v) is 9.16. The van der Waals surface area contributed by atoms with Crippen molar-refractivity contribution in [2.24, 2.45) is 0 Å². The number of carbonyl (C=O) groups excluding carboxylic acids is 1. The normalized spacial score (nSPS) is 18.4. The molecule has 202 valence electrons. The number of allylic oxidation sites excluding steroid dienone is 1. The number of benzene rings is 2. The maximum atomic E-state index is 14.6. The smallest absolute Gasteiger partial charge is 0.307 e. The maximum Gasteiger partial charge on any atom is 0.360 e. The minimum atomic E-state index is -4.54. The minimum Gasteiger partial charge on any atom is -0.307 e. The number of ketones is 1. The van der Waals surface area contributed by atoms with Crippen molar-refractivity contribution < 1.29 is 35.2 Å². The van der Waals surface area contributed by atoms with Gasteiger partial charge in [0.15, 0.2) is 5.28 Å². The third kappa shape index (κ3) is 5.78. The van der Waals surface area contributed by atoms with Crippen LogP contribution < -0.4 is 4.72 Å². The van der Waals surface area contributed by atoms with E-state index in [1.165, 1.54) is 55.5 Å². The van der Waals surface area contributed by atoms with Crippen molar-refractivity contribution in [2.75, 3.05) is 19.0 Å². The van der Waals surface area contributed by atoms with Crippen LogP contribution in [0.3, 0.4) is 0 Å². The van der Waals surface area contributed by atoms with Gasteiger partial charge in [0.25, 0.3) is 0 Å². The Morgan fingerprint density at radius 2 is 1.49 bits per heavy atom. The first-order valence-corrected chi connectivity index (χ1v) is 16.7. The quantitative estimate of drug-likeness (QED) is 0.341. The molecule has 3 rings (SSSR count). The predicted octanol–water partition coefficient (Wildman–Crippen LogP) is 5.03. The average Bonchev–Trinajstić information content (AvgIpc) is 2.88. The Balaban J connectivity index is 2.45. The summed E-state index contributed by atoms with van der Waals surface area (Å²) < 4.78 is 81.9. The molecule has 0 heterocycles. The predicted molar refractivity (Wildman–Crippen MR) is 142 cm³/mol. The van der Waals surface area contributed by atoms with E-state index in [4.69, 9.17) is 20.6 Å². The first-order valence-electron chi connectivity index (χ1n) is 11.7. The Kier molecular flexibility index (Phi) is 9.22. The van der Waals surface area contributed by atoms with Crippen LogP contribution in [0, 0.1) is 0 Å². The molecule has 1 aliphatic rings. The number of carbonyl (C=O) groups is 1. The summed E-state index contributed by atoms with van der Waals surface area (Å²) in [7, 11) is -13.2. The van der Waals surface area contributed by atoms with Gasteiger partial charge in [-0.1, -0.05) is 49.7 Å². The molecule has 0 bridgehead atoms. The van der Waals surface area contributed by atoms with E-state index in [2.05, 4.69) is 4.72 Å². The van der Waals surface area contributed by atoms with Crippen molar-refractivity contribution in [3.05, 3.63) is 75.7 Å². The third-order valence-corrected chi connectivity index (χ3v) is 11.6. The number of nitrogens with one attached hydrogen (secondary N) is 1. The number of halogens is 1. The molecule has 13 heteroatoms. The highest BCUT2D eigenvalue weighted by molar-refractivity contribution is 7.96. The van der Waals surface area contributed by atoms with E-state index >= 15 is 0 Å². The van der Waals surface area contributed by atoms with E-state index in [-0.39, 0.29) is 34.3 Å². The number of Topliss-reactive ketones (excluding diaryl/α,β-unsaturated/α-hetero) is 1. The van der Waals surface area contributed by atoms with Crippen molar-refractivity contribution in [1.29, 1.82) is 0 Å². The molecule has 0 aliphatic heterocycles. The van der Waals surface area contributed by atoms with Crippen LogP contribution >= 0.6 is 19.2 Å². The van der Waals surface area contributed by atoms with Gasteiger partial charge in [-0.15, -0.1) is 0 Å². The van der Waals surface area contributed by atoms with Crippen LogP contribution in [-0.2, 0) is 38.8 Å². The summed E-state index contributed by atoms with van der Waals surface area (Å²) in [6.45, 7) is 4.75. The number of sulfone groups is 1. The molecule has 2 aromatic carbocycles. The molecule has 0 amide bonds. The second kappa shape index (κ2) is 11.5. The molecule has 0 fully saturated rings. The number of hydrogen-bond donors (Lipinski definition) is 1. The number of sulfonamides is 1. The molecule has 1 aliphatic carbocycles. The largest absolute Gasteiger partial charge is 0.360 e. The van der Waals surface area contributed by atoms with Crippen molar-refractivity contribution in [3.63, 3.8) is 0 Å². The first kappa shape index (κ1) is 29.7. The van der Waals surface area contributed by atoms with Crippen LogP contribution in [0.1, 0.15) is 49.5 Å². The van der Waals surface area contributed by atoms with Crippen molar-refractivity contribution in [2.45, 2.75) is 43.8 Å². The molecule has 0 aromatic heterocycles. The summed E-state index contributed by atoms with van der Waals surface area (Å²) in [5.41, 5.74) is -0.167. The maximum absolute atomic E-state index is 14.6. The van der Waals surface area contributed by atoms with Crippen molar-refractivity contribution >= 4 is 44.8 Å². The number of fused-ring (bicyclic) bond motifs is 1. The zero-order valence-electron chi connectivity index (χ0n) is 20.6. The molecule has 1 unspecified atom stereocenters. The number of rotatable bonds is 12. The van der Waals surface area contributed by atoms with Gasteiger partial charge in [-0.2, -0.15) is 4.72 Å². The monoisotopic (exact) mass is 589 g/mol. The summed E-state index contributed by atoms with van der Waals surface area (Å²) in [4.78, 5) is 12.6. The molecule has 37 heavy (non-hydrogen) atoms. The lowest BCUT2D eigenvalue weighted by Gasteiger charge is -2.40. The van der Waals surface area contributed by atoms with Crippen LogP contribution in [0.15, 0.2) is 64.4 Å². The highest BCUT2D eigenvalue weighted by Gasteiger charge is 2.58. The summed E-state index contributed by atoms with van der Waals surface area (Å²) in [5.74, 6) is -1.30. The zero-order valence-corrected chi connectivity index (χ0v) is 23.9. The highest BCUT2D eigenvalue weighted by Crippen LogP contribution is 2.66. The van der Waals surface area contributed by atoms with Gasteiger partial charge in [-0.25, -0.2) is 16.8 Å². The average molecular weight is 590 g/mol. The lowest BCUT2D eigenvalue weighted by atomic mass is 9.92. The van der Waals surface area contributed by atoms with Crippen LogP contribution in [0.25, 0.3) is 0 Å². The molecular weight excluding hydrogens is 561 g/mol. The molecule has 9 nitrogen and oxygen atoms in total. The van der Waals surface area contributed by atoms with Crippen LogP contribution in [-0.4, -0.2) is 41.6 Å². The van der Waals surface area contributed by atoms with E-state index in [1.807, 2.05) is 0 Å². The van der Waals surface area contributed by atoms with E-state index < -0.39 is 49.2 Å². The van der Waals surface area contributed by atoms with E-state index in [9.17, 15) is 26.2 Å². The topological polar surface area (TPSA) is 133 Å². The minimum absolute atomic E-state index is 0.0254. The standard InChI is InChI=1S/C24H29ClNO8PS2/c1-4-15-33-35(28,34-16-5-2)24(26-36(29,30)6-3)17-22(23(27)20-9-7-8-10-21(20)24)37(31,32)19-13-11-18(25)12-14-19/h7-14,17,26H,4-6,15-16H2,1-3H3. The highest BCUT2D eigenvalue weighted by atomic mass is 35.5. The lowest BCUT2D eigenvalue weighted by molar-refractivity contribution is 0.103. The van der Waals surface area contributed by atoms with Crippen LogP contribution in [0.5, 0.6) is 0 Å². The van der Waals surface area contributed by atoms with Crippen LogP contribution in [0.4, 0.5) is 0 Å². The fraction of sp³-hybridized carbons (Fsp3) is 0.375. The Labute approximate surface area is 222 Å². The van der Waals surface area contributed by atoms with Gasteiger partial charge in [0.05, 0.1) is 23.9 Å². The molecule has 1 atom stereocenters. The van der Waals surface area contributed by atoms with Crippen molar-refractivity contribution in [1.82, 2.24) is 4.72 Å². The Hall–Kier alpha value is -1.85. The van der Waals surface area contributed by atoms with Crippen molar-refractivity contribution in [3.8, 4) is 0 Å². The van der Waals surface area contributed by atoms with Gasteiger partial charge in [0.2, 0.25) is 25.6 Å². The van der Waals surface area contributed by atoms with Gasteiger partial charge < -0.3 is 9.05 Å². The van der Waals surface area contributed by atoms with Gasteiger partial charge >= 0.3 is 7.60 Å². The fourth-order valence-electron chi connectivity index (χ4n) is 3.76. The molecule has 0 saturated heterocycles. The third-order valence-electron chi connectivity index (χ3n) is 5.61. The van der Waals surface area contributed by atoms with E-state index in [0.29, 0.717) is 12.8 Å². The zero-order chi connectivity index (χ0) is 27.5. The summed E-state index contributed by atoms with van der Waals surface area (Å²) in [6.07, 6.45) is 1.70. The molecule has 0 radical (unpaired) electrons. The second-order valence-electron chi connectivity index (χ2n) is 8.28. The Bertz CT molecular complexity index is 1440. The number of hydrogen-bond acceptors (Lipinski definition) is 8. The first-order chi connectivity index (χ1) is 17.4. The van der Waals surface area contributed by atoms with Crippen LogP contribution in [0.2, 0.25) is 5.02 Å². The van der Waals surface area contributed by atoms with E-state index in [1.54, 1.807) is 13.8 Å². The Morgan fingerprint density at radius 1 is 0.919 bits per heavy atom. The molecule has 2 aromatic rings. The SMILES string of the molecule is CCCOP(=O)(OCCC)C1(NS(=O)(=O)CC)C=C(S(=O)(=O)c2ccc(Cl)cc2)C(=O)c2ccccc21. The lowest BCUT2D eigenvalue weighted by Crippen LogP contribution is -2.49. The Morgan fingerprint density at radius 3 is 2.03 bits per heavy atom. The molecular formula is C24H29ClNO8PS2. The summed E-state index contributed by atoms with van der Waals surface area (Å²) in [6, 6.07) is 10.9. The molecule has 0 spiro atoms. The van der Waals surface area contributed by atoms with Gasteiger partial charge in [-0.3, -0.25) is 9.36 Å². The molecule has 0 saturated carbocycles. The summed E-state index contributed by atoms with van der Waals surface area (Å²) >= 11 is 5.91. The van der Waals surface area contributed by atoms with Gasteiger partial charge in [-0.05, 0) is 50.1 Å². The van der Waals surface area contributed by atoms with E-state index in [0.717, 1.165) is 6.08 Å². The van der Waals surface area contributed by atoms with Gasteiger partial charge in [0, 0.05) is 16.1 Å². The second-order valence-corrected chi connectivity index (χ2v) is 14.9. The van der Waals surface area contributed by atoms with Gasteiger partial charge in [0.1, 0.15) is 4.91 Å². The summed E-state index contributed by atoms with van der Waals surface area (Å²) in [5, 5.41) is -2.05. The molecule has 1 N–H and O–H groups in total.